The Morgan fingerprint density at radius 2 is 1.83 bits per heavy atom. The van der Waals surface area contributed by atoms with Crippen molar-refractivity contribution < 1.29 is 23.8 Å². The summed E-state index contributed by atoms with van der Waals surface area (Å²) in [5.41, 5.74) is 2.41. The van der Waals surface area contributed by atoms with Crippen LogP contribution in [0.1, 0.15) is 59.0 Å². The van der Waals surface area contributed by atoms with Crippen molar-refractivity contribution in [1.82, 2.24) is 0 Å². The van der Waals surface area contributed by atoms with Crippen molar-refractivity contribution in [3.63, 3.8) is 0 Å². The van der Waals surface area contributed by atoms with Gasteiger partial charge >= 0.3 is 5.97 Å². The van der Waals surface area contributed by atoms with Gasteiger partial charge in [0, 0.05) is 4.88 Å². The Kier molecular flexibility index (Phi) is 7.74. The SMILES string of the molecule is CCCOC(=O)c1c(NC(=O)Cc2ccc(OC)c(OC)c2)sc2c1CCCCC2. The van der Waals surface area contributed by atoms with Crippen LogP contribution in [-0.4, -0.2) is 32.7 Å². The molecule has 2 aromatic rings. The second-order valence-electron chi connectivity index (χ2n) is 7.32. The summed E-state index contributed by atoms with van der Waals surface area (Å²) in [6.07, 6.45) is 6.05. The molecule has 0 saturated carbocycles. The van der Waals surface area contributed by atoms with Crippen molar-refractivity contribution in [2.75, 3.05) is 26.1 Å². The van der Waals surface area contributed by atoms with E-state index in [2.05, 4.69) is 5.32 Å². The average Bonchev–Trinajstić information content (AvgIpc) is 2.91. The molecule has 1 aliphatic rings. The number of methoxy groups -OCH3 is 2. The maximum atomic E-state index is 12.8. The lowest BCUT2D eigenvalue weighted by Gasteiger charge is -2.11. The predicted octanol–water partition coefficient (Wildman–Crippen LogP) is 4.78. The highest BCUT2D eigenvalue weighted by Gasteiger charge is 2.26. The van der Waals surface area contributed by atoms with Crippen molar-refractivity contribution in [2.24, 2.45) is 0 Å². The Morgan fingerprint density at radius 3 is 2.57 bits per heavy atom. The van der Waals surface area contributed by atoms with E-state index in [-0.39, 0.29) is 18.3 Å². The monoisotopic (exact) mass is 431 g/mol. The Morgan fingerprint density at radius 1 is 1.07 bits per heavy atom. The number of anilines is 1. The molecule has 0 radical (unpaired) electrons. The van der Waals surface area contributed by atoms with Crippen molar-refractivity contribution in [3.05, 3.63) is 39.8 Å². The van der Waals surface area contributed by atoms with Crippen molar-refractivity contribution >= 4 is 28.2 Å². The van der Waals surface area contributed by atoms with Crippen LogP contribution in [0.5, 0.6) is 11.5 Å². The molecule has 1 heterocycles. The molecular formula is C23H29NO5S. The number of ether oxygens (including phenoxy) is 3. The lowest BCUT2D eigenvalue weighted by molar-refractivity contribution is -0.115. The summed E-state index contributed by atoms with van der Waals surface area (Å²) in [4.78, 5) is 26.7. The first-order valence-corrected chi connectivity index (χ1v) is 11.2. The van der Waals surface area contributed by atoms with Crippen LogP contribution >= 0.6 is 11.3 Å². The minimum absolute atomic E-state index is 0.173. The Hall–Kier alpha value is -2.54. The zero-order valence-corrected chi connectivity index (χ0v) is 18.7. The summed E-state index contributed by atoms with van der Waals surface area (Å²) in [7, 11) is 3.14. The number of amides is 1. The number of nitrogens with one attached hydrogen (secondary N) is 1. The van der Waals surface area contributed by atoms with Crippen molar-refractivity contribution in [2.45, 2.75) is 51.9 Å². The van der Waals surface area contributed by atoms with Crippen LogP contribution in [-0.2, 0) is 28.8 Å². The molecule has 1 aromatic heterocycles. The maximum Gasteiger partial charge on any atom is 0.341 e. The standard InChI is InChI=1S/C23H29NO5S/c1-4-12-29-23(26)21-16-8-6-5-7-9-19(16)30-22(21)24-20(25)14-15-10-11-17(27-2)18(13-15)28-3/h10-11,13H,4-9,12,14H2,1-3H3,(H,24,25). The molecule has 6 nitrogen and oxygen atoms in total. The van der Waals surface area contributed by atoms with E-state index >= 15 is 0 Å². The van der Waals surface area contributed by atoms with Gasteiger partial charge < -0.3 is 19.5 Å². The Bertz CT molecular complexity index is 905. The van der Waals surface area contributed by atoms with Crippen LogP contribution in [0.15, 0.2) is 18.2 Å². The third-order valence-electron chi connectivity index (χ3n) is 5.13. The van der Waals surface area contributed by atoms with E-state index < -0.39 is 0 Å². The molecule has 0 unspecified atom stereocenters. The number of fused-ring (bicyclic) bond motifs is 1. The minimum atomic E-state index is -0.335. The van der Waals surface area contributed by atoms with Crippen LogP contribution in [0.25, 0.3) is 0 Å². The molecule has 0 aliphatic heterocycles. The number of carbonyl (C=O) groups is 2. The average molecular weight is 432 g/mol. The van der Waals surface area contributed by atoms with Crippen LogP contribution in [0, 0.1) is 0 Å². The molecule has 0 saturated heterocycles. The number of carbonyl (C=O) groups excluding carboxylic acids is 2. The second kappa shape index (κ2) is 10.5. The van der Waals surface area contributed by atoms with Crippen molar-refractivity contribution in [3.8, 4) is 11.5 Å². The third-order valence-corrected chi connectivity index (χ3v) is 6.34. The smallest absolute Gasteiger partial charge is 0.341 e. The number of thiophene rings is 1. The lowest BCUT2D eigenvalue weighted by atomic mass is 10.1. The fourth-order valence-corrected chi connectivity index (χ4v) is 4.95. The molecule has 1 N–H and O–H groups in total. The highest BCUT2D eigenvalue weighted by Crippen LogP contribution is 2.38. The van der Waals surface area contributed by atoms with Crippen LogP contribution in [0.3, 0.4) is 0 Å². The lowest BCUT2D eigenvalue weighted by Crippen LogP contribution is -2.17. The molecular weight excluding hydrogens is 402 g/mol. The van der Waals surface area contributed by atoms with Crippen LogP contribution in [0.2, 0.25) is 0 Å². The van der Waals surface area contributed by atoms with Gasteiger partial charge in [-0.05, 0) is 55.4 Å². The first-order valence-electron chi connectivity index (χ1n) is 10.4. The highest BCUT2D eigenvalue weighted by molar-refractivity contribution is 7.17. The fraction of sp³-hybridized carbons (Fsp3) is 0.478. The first-order chi connectivity index (χ1) is 14.6. The summed E-state index contributed by atoms with van der Waals surface area (Å²) in [6, 6.07) is 5.40. The van der Waals surface area contributed by atoms with Gasteiger partial charge in [0.2, 0.25) is 5.91 Å². The molecule has 0 fully saturated rings. The molecule has 0 bridgehead atoms. The summed E-state index contributed by atoms with van der Waals surface area (Å²) in [5.74, 6) is 0.680. The topological polar surface area (TPSA) is 73.9 Å². The van der Waals surface area contributed by atoms with Gasteiger partial charge in [0.1, 0.15) is 5.00 Å². The van der Waals surface area contributed by atoms with E-state index in [4.69, 9.17) is 14.2 Å². The van der Waals surface area contributed by atoms with E-state index in [1.807, 2.05) is 13.0 Å². The Balaban J connectivity index is 1.81. The second-order valence-corrected chi connectivity index (χ2v) is 8.42. The van der Waals surface area contributed by atoms with E-state index in [0.717, 1.165) is 49.7 Å². The maximum absolute atomic E-state index is 12.8. The van der Waals surface area contributed by atoms with Gasteiger partial charge in [-0.3, -0.25) is 4.79 Å². The molecule has 3 rings (SSSR count). The number of hydrogen-bond acceptors (Lipinski definition) is 6. The molecule has 1 aromatic carbocycles. The number of benzene rings is 1. The third kappa shape index (κ3) is 5.14. The van der Waals surface area contributed by atoms with Crippen LogP contribution in [0.4, 0.5) is 5.00 Å². The number of rotatable bonds is 8. The van der Waals surface area contributed by atoms with E-state index in [9.17, 15) is 9.59 Å². The van der Waals surface area contributed by atoms with E-state index in [0.29, 0.717) is 28.7 Å². The molecule has 1 amide bonds. The van der Waals surface area contributed by atoms with Gasteiger partial charge in [-0.1, -0.05) is 19.4 Å². The summed E-state index contributed by atoms with van der Waals surface area (Å²) in [5, 5.41) is 3.57. The number of hydrogen-bond donors (Lipinski definition) is 1. The quantitative estimate of drug-likeness (QED) is 0.481. The molecule has 162 valence electrons. The zero-order valence-electron chi connectivity index (χ0n) is 17.8. The molecule has 1 aliphatic carbocycles. The summed E-state index contributed by atoms with van der Waals surface area (Å²) >= 11 is 1.51. The van der Waals surface area contributed by atoms with Gasteiger partial charge in [0.15, 0.2) is 11.5 Å². The molecule has 0 spiro atoms. The minimum Gasteiger partial charge on any atom is -0.493 e. The van der Waals surface area contributed by atoms with Crippen molar-refractivity contribution in [1.29, 1.82) is 0 Å². The first kappa shape index (κ1) is 22.2. The highest BCUT2D eigenvalue weighted by atomic mass is 32.1. The summed E-state index contributed by atoms with van der Waals surface area (Å²) < 4.78 is 16.0. The molecule has 0 atom stereocenters. The zero-order chi connectivity index (χ0) is 21.5. The number of esters is 1. The van der Waals surface area contributed by atoms with Gasteiger partial charge in [-0.15, -0.1) is 11.3 Å². The van der Waals surface area contributed by atoms with Gasteiger partial charge in [-0.2, -0.15) is 0 Å². The normalized spacial score (nSPS) is 13.2. The van der Waals surface area contributed by atoms with Gasteiger partial charge in [0.05, 0.1) is 32.8 Å². The van der Waals surface area contributed by atoms with E-state index in [1.54, 1.807) is 26.4 Å². The Labute approximate surface area is 181 Å². The largest absolute Gasteiger partial charge is 0.493 e. The molecule has 7 heteroatoms. The van der Waals surface area contributed by atoms with Gasteiger partial charge in [-0.25, -0.2) is 4.79 Å². The van der Waals surface area contributed by atoms with Crippen LogP contribution < -0.4 is 14.8 Å². The number of aryl methyl sites for hydroxylation is 1. The van der Waals surface area contributed by atoms with Gasteiger partial charge in [0.25, 0.3) is 0 Å². The molecule has 30 heavy (non-hydrogen) atoms. The fourth-order valence-electron chi connectivity index (χ4n) is 3.66. The summed E-state index contributed by atoms with van der Waals surface area (Å²) in [6.45, 7) is 2.34. The predicted molar refractivity (Wildman–Crippen MR) is 118 cm³/mol. The van der Waals surface area contributed by atoms with E-state index in [1.165, 1.54) is 16.2 Å².